The van der Waals surface area contributed by atoms with Crippen molar-refractivity contribution in [2.75, 3.05) is 23.3 Å². The van der Waals surface area contributed by atoms with Crippen molar-refractivity contribution in [3.63, 3.8) is 0 Å². The number of halogens is 4. The Labute approximate surface area is 170 Å². The quantitative estimate of drug-likeness (QED) is 0.736. The number of β-amino-alcohol motifs (C(OH)–C–C–N with tert-alkyl or cyclic N) is 1. The molecule has 0 aromatic heterocycles. The molecule has 2 N–H and O–H groups in total. The molecular formula is C21H19F4N3O2. The zero-order valence-electron chi connectivity index (χ0n) is 16.1. The van der Waals surface area contributed by atoms with E-state index in [0.29, 0.717) is 36.7 Å². The Morgan fingerprint density at radius 2 is 2.03 bits per heavy atom. The Morgan fingerprint density at radius 1 is 1.30 bits per heavy atom. The van der Waals surface area contributed by atoms with Crippen molar-refractivity contribution >= 4 is 17.3 Å². The molecule has 2 aromatic rings. The first-order chi connectivity index (χ1) is 14.0. The number of nitrogens with one attached hydrogen (secondary N) is 1. The Bertz CT molecular complexity index is 1010. The number of rotatable bonds is 4. The first-order valence-electron chi connectivity index (χ1n) is 9.20. The lowest BCUT2D eigenvalue weighted by Gasteiger charge is -2.36. The maximum Gasteiger partial charge on any atom is 0.417 e. The van der Waals surface area contributed by atoms with Crippen LogP contribution >= 0.6 is 0 Å². The molecule has 0 radical (unpaired) electrons. The lowest BCUT2D eigenvalue weighted by molar-refractivity contribution is -0.138. The third-order valence-electron chi connectivity index (χ3n) is 4.98. The molecular weight excluding hydrogens is 402 g/mol. The van der Waals surface area contributed by atoms with Gasteiger partial charge in [0.2, 0.25) is 0 Å². The molecule has 0 bridgehead atoms. The van der Waals surface area contributed by atoms with E-state index in [1.807, 2.05) is 0 Å². The summed E-state index contributed by atoms with van der Waals surface area (Å²) in [5.74, 6) is -1.28. The number of fused-ring (bicyclic) bond motifs is 1. The zero-order chi connectivity index (χ0) is 22.1. The molecule has 1 aliphatic heterocycles. The number of nitrogens with zero attached hydrogens (tertiary/aromatic N) is 2. The average Bonchev–Trinajstić information content (AvgIpc) is 2.68. The summed E-state index contributed by atoms with van der Waals surface area (Å²) in [4.78, 5) is 14.3. The molecule has 1 heterocycles. The van der Waals surface area contributed by atoms with Crippen LogP contribution in [0.3, 0.4) is 0 Å². The van der Waals surface area contributed by atoms with E-state index in [2.05, 4.69) is 5.32 Å². The topological polar surface area (TPSA) is 76.4 Å². The molecule has 1 aliphatic rings. The number of carbonyl (C=O) groups excluding carboxylic acids is 1. The van der Waals surface area contributed by atoms with Gasteiger partial charge in [0, 0.05) is 23.5 Å². The van der Waals surface area contributed by atoms with E-state index in [1.54, 1.807) is 11.0 Å². The van der Waals surface area contributed by atoms with Gasteiger partial charge in [0.1, 0.15) is 5.82 Å². The first kappa shape index (κ1) is 21.6. The lowest BCUT2D eigenvalue weighted by Crippen LogP contribution is -2.50. The van der Waals surface area contributed by atoms with E-state index >= 15 is 0 Å². The Balaban J connectivity index is 1.80. The molecule has 0 saturated carbocycles. The van der Waals surface area contributed by atoms with Crippen LogP contribution in [-0.4, -0.2) is 29.7 Å². The van der Waals surface area contributed by atoms with Crippen LogP contribution in [0.5, 0.6) is 0 Å². The van der Waals surface area contributed by atoms with Gasteiger partial charge in [-0.15, -0.1) is 0 Å². The standard InChI is InChI=1S/C21H19F4N3O2/c1-20(30,12-28-9-3-4-15-17(22)5-2-6-18(15)28)19(29)27-14-8-7-13(11-26)16(10-14)21(23,24)25/h2,5-8,10,30H,3-4,9,12H2,1H3,(H,27,29)/t20-/m0/s1. The van der Waals surface area contributed by atoms with Crippen LogP contribution in [0.1, 0.15) is 30.0 Å². The van der Waals surface area contributed by atoms with Crippen LogP contribution in [0.4, 0.5) is 28.9 Å². The zero-order valence-corrected chi connectivity index (χ0v) is 16.1. The second kappa shape index (κ2) is 7.95. The molecule has 0 fully saturated rings. The molecule has 0 saturated heterocycles. The fraction of sp³-hybridized carbons (Fsp3) is 0.333. The molecule has 0 unspecified atom stereocenters. The van der Waals surface area contributed by atoms with E-state index in [4.69, 9.17) is 5.26 Å². The highest BCUT2D eigenvalue weighted by Gasteiger charge is 2.36. The average molecular weight is 421 g/mol. The van der Waals surface area contributed by atoms with Crippen LogP contribution in [0.2, 0.25) is 0 Å². The summed E-state index contributed by atoms with van der Waals surface area (Å²) in [5.41, 5.74) is -2.83. The normalized spacial score (nSPS) is 15.7. The monoisotopic (exact) mass is 421 g/mol. The summed E-state index contributed by atoms with van der Waals surface area (Å²) in [6.07, 6.45) is -3.59. The summed E-state index contributed by atoms with van der Waals surface area (Å²) < 4.78 is 53.4. The molecule has 3 rings (SSSR count). The third-order valence-corrected chi connectivity index (χ3v) is 4.98. The number of anilines is 2. The van der Waals surface area contributed by atoms with Crippen molar-refractivity contribution in [2.45, 2.75) is 31.5 Å². The van der Waals surface area contributed by atoms with Gasteiger partial charge in [0.05, 0.1) is 23.7 Å². The highest BCUT2D eigenvalue weighted by molar-refractivity contribution is 5.97. The van der Waals surface area contributed by atoms with E-state index < -0.39 is 28.8 Å². The van der Waals surface area contributed by atoms with Crippen LogP contribution in [-0.2, 0) is 17.4 Å². The molecule has 0 aliphatic carbocycles. The smallest absolute Gasteiger partial charge is 0.378 e. The van der Waals surface area contributed by atoms with Gasteiger partial charge in [-0.25, -0.2) is 4.39 Å². The number of alkyl halides is 3. The van der Waals surface area contributed by atoms with E-state index in [-0.39, 0.29) is 18.0 Å². The second-order valence-corrected chi connectivity index (χ2v) is 7.36. The molecule has 2 aromatic carbocycles. The molecule has 30 heavy (non-hydrogen) atoms. The van der Waals surface area contributed by atoms with Crippen molar-refractivity contribution in [1.82, 2.24) is 0 Å². The minimum Gasteiger partial charge on any atom is -0.378 e. The number of benzene rings is 2. The summed E-state index contributed by atoms with van der Waals surface area (Å²) in [7, 11) is 0. The number of aliphatic hydroxyl groups is 1. The largest absolute Gasteiger partial charge is 0.417 e. The molecule has 1 amide bonds. The van der Waals surface area contributed by atoms with Gasteiger partial charge in [0.25, 0.3) is 5.91 Å². The van der Waals surface area contributed by atoms with Gasteiger partial charge in [-0.1, -0.05) is 6.07 Å². The maximum absolute atomic E-state index is 14.0. The summed E-state index contributed by atoms with van der Waals surface area (Å²) in [5, 5.41) is 21.8. The van der Waals surface area contributed by atoms with Crippen molar-refractivity contribution < 1.29 is 27.5 Å². The van der Waals surface area contributed by atoms with Crippen LogP contribution in [0, 0.1) is 17.1 Å². The molecule has 1 atom stereocenters. The third kappa shape index (κ3) is 4.39. The van der Waals surface area contributed by atoms with Crippen molar-refractivity contribution in [3.8, 4) is 6.07 Å². The first-order valence-corrected chi connectivity index (χ1v) is 9.20. The van der Waals surface area contributed by atoms with Gasteiger partial charge in [-0.3, -0.25) is 4.79 Å². The molecule has 158 valence electrons. The van der Waals surface area contributed by atoms with Gasteiger partial charge in [-0.2, -0.15) is 18.4 Å². The van der Waals surface area contributed by atoms with Crippen molar-refractivity contribution in [3.05, 3.63) is 58.9 Å². The fourth-order valence-corrected chi connectivity index (χ4v) is 3.49. The minimum absolute atomic E-state index is 0.169. The van der Waals surface area contributed by atoms with E-state index in [1.165, 1.54) is 25.1 Å². The van der Waals surface area contributed by atoms with E-state index in [0.717, 1.165) is 12.1 Å². The van der Waals surface area contributed by atoms with Crippen molar-refractivity contribution in [2.24, 2.45) is 0 Å². The fourth-order valence-electron chi connectivity index (χ4n) is 3.49. The van der Waals surface area contributed by atoms with Crippen LogP contribution in [0.25, 0.3) is 0 Å². The number of hydrogen-bond acceptors (Lipinski definition) is 4. The molecule has 0 spiro atoms. The maximum atomic E-state index is 14.0. The number of nitriles is 1. The molecule has 9 heteroatoms. The Hall–Kier alpha value is -3.12. The molecule has 5 nitrogen and oxygen atoms in total. The highest BCUT2D eigenvalue weighted by atomic mass is 19.4. The SMILES string of the molecule is C[C@](O)(CN1CCCc2c(F)cccc21)C(=O)Nc1ccc(C#N)c(C(F)(F)F)c1. The Morgan fingerprint density at radius 3 is 2.70 bits per heavy atom. The van der Waals surface area contributed by atoms with Gasteiger partial charge < -0.3 is 15.3 Å². The van der Waals surface area contributed by atoms with Crippen molar-refractivity contribution in [1.29, 1.82) is 5.26 Å². The lowest BCUT2D eigenvalue weighted by atomic mass is 9.97. The van der Waals surface area contributed by atoms with E-state index in [9.17, 15) is 27.5 Å². The summed E-state index contributed by atoms with van der Waals surface area (Å²) in [6.45, 7) is 1.57. The minimum atomic E-state index is -4.77. The van der Waals surface area contributed by atoms with Crippen LogP contribution in [0.15, 0.2) is 36.4 Å². The van der Waals surface area contributed by atoms with Gasteiger partial charge in [0.15, 0.2) is 5.60 Å². The predicted octanol–water partition coefficient (Wildman–Crippen LogP) is 3.86. The highest BCUT2D eigenvalue weighted by Crippen LogP contribution is 2.34. The summed E-state index contributed by atoms with van der Waals surface area (Å²) in [6, 6.07) is 8.81. The Kier molecular flexibility index (Phi) is 5.72. The van der Waals surface area contributed by atoms with Gasteiger partial charge in [-0.05, 0) is 50.1 Å². The summed E-state index contributed by atoms with van der Waals surface area (Å²) >= 11 is 0. The predicted molar refractivity (Wildman–Crippen MR) is 102 cm³/mol. The number of carbonyl (C=O) groups is 1. The van der Waals surface area contributed by atoms with Crippen LogP contribution < -0.4 is 10.2 Å². The number of amides is 1. The number of hydrogen-bond donors (Lipinski definition) is 2. The second-order valence-electron chi connectivity index (χ2n) is 7.36. The van der Waals surface area contributed by atoms with Gasteiger partial charge >= 0.3 is 6.18 Å².